The molecule has 0 spiro atoms. The van der Waals surface area contributed by atoms with Crippen molar-refractivity contribution in [3.63, 3.8) is 0 Å². The van der Waals surface area contributed by atoms with Gasteiger partial charge >= 0.3 is 0 Å². The van der Waals surface area contributed by atoms with Crippen LogP contribution in [0.3, 0.4) is 0 Å². The van der Waals surface area contributed by atoms with Gasteiger partial charge in [-0.2, -0.15) is 0 Å². The second-order valence-corrected chi connectivity index (χ2v) is 6.27. The fraction of sp³-hybridized carbons (Fsp3) is 0.588. The number of carbonyl (C=O) groups excluding carboxylic acids is 1. The summed E-state index contributed by atoms with van der Waals surface area (Å²) in [7, 11) is 1.61. The molecule has 1 fully saturated rings. The van der Waals surface area contributed by atoms with Crippen LogP contribution in [-0.4, -0.2) is 37.0 Å². The van der Waals surface area contributed by atoms with Gasteiger partial charge in [0.1, 0.15) is 5.75 Å². The van der Waals surface area contributed by atoms with Gasteiger partial charge in [-0.3, -0.25) is 9.69 Å². The van der Waals surface area contributed by atoms with Crippen LogP contribution in [0, 0.1) is 11.8 Å². The number of piperidine rings is 1. The number of carbonyl (C=O) groups is 1. The molecule has 1 aromatic carbocycles. The van der Waals surface area contributed by atoms with E-state index in [1.807, 2.05) is 31.2 Å². The Balaban J connectivity index is 2.02. The lowest BCUT2D eigenvalue weighted by molar-refractivity contribution is -0.121. The SMILES string of the molecule is COc1ccccc1NC(=O)[C@H](C)N1C[C@@H](C)C[C@H](C)C1. The van der Waals surface area contributed by atoms with Crippen LogP contribution in [0.25, 0.3) is 0 Å². The summed E-state index contributed by atoms with van der Waals surface area (Å²) in [5, 5.41) is 2.98. The van der Waals surface area contributed by atoms with Crippen LogP contribution in [0.5, 0.6) is 5.75 Å². The maximum absolute atomic E-state index is 12.5. The number of ether oxygens (including phenoxy) is 1. The van der Waals surface area contributed by atoms with Crippen LogP contribution in [0.15, 0.2) is 24.3 Å². The zero-order valence-electron chi connectivity index (χ0n) is 13.4. The molecule has 1 heterocycles. The van der Waals surface area contributed by atoms with Gasteiger partial charge in [-0.05, 0) is 37.3 Å². The highest BCUT2D eigenvalue weighted by Crippen LogP contribution is 2.25. The number of nitrogens with zero attached hydrogens (tertiary/aromatic N) is 1. The van der Waals surface area contributed by atoms with E-state index in [9.17, 15) is 4.79 Å². The number of para-hydroxylation sites is 2. The molecule has 4 nitrogen and oxygen atoms in total. The smallest absolute Gasteiger partial charge is 0.241 e. The van der Waals surface area contributed by atoms with Crippen molar-refractivity contribution in [2.24, 2.45) is 11.8 Å². The van der Waals surface area contributed by atoms with E-state index in [1.165, 1.54) is 6.42 Å². The second kappa shape index (κ2) is 6.94. The molecule has 3 atom stereocenters. The van der Waals surface area contributed by atoms with Gasteiger partial charge in [0.15, 0.2) is 0 Å². The number of anilines is 1. The Morgan fingerprint density at radius 3 is 2.52 bits per heavy atom. The number of amides is 1. The molecule has 21 heavy (non-hydrogen) atoms. The lowest BCUT2D eigenvalue weighted by Gasteiger charge is -2.38. The van der Waals surface area contributed by atoms with Gasteiger partial charge in [-0.1, -0.05) is 26.0 Å². The number of likely N-dealkylation sites (tertiary alicyclic amines) is 1. The van der Waals surface area contributed by atoms with Crippen molar-refractivity contribution in [2.75, 3.05) is 25.5 Å². The van der Waals surface area contributed by atoms with Crippen LogP contribution < -0.4 is 10.1 Å². The van der Waals surface area contributed by atoms with E-state index in [-0.39, 0.29) is 11.9 Å². The van der Waals surface area contributed by atoms with Crippen molar-refractivity contribution in [3.8, 4) is 5.75 Å². The Morgan fingerprint density at radius 1 is 1.29 bits per heavy atom. The minimum atomic E-state index is -0.125. The number of hydrogen-bond donors (Lipinski definition) is 1. The summed E-state index contributed by atoms with van der Waals surface area (Å²) in [5.74, 6) is 2.02. The molecule has 1 amide bonds. The van der Waals surface area contributed by atoms with E-state index in [0.717, 1.165) is 18.8 Å². The summed E-state index contributed by atoms with van der Waals surface area (Å²) < 4.78 is 5.28. The second-order valence-electron chi connectivity index (χ2n) is 6.27. The average Bonchev–Trinajstić information content (AvgIpc) is 2.46. The molecular weight excluding hydrogens is 264 g/mol. The fourth-order valence-corrected chi connectivity index (χ4v) is 3.18. The first-order valence-electron chi connectivity index (χ1n) is 7.69. The van der Waals surface area contributed by atoms with Gasteiger partial charge in [0.25, 0.3) is 0 Å². The first-order chi connectivity index (χ1) is 10.0. The third-order valence-electron chi connectivity index (χ3n) is 4.19. The van der Waals surface area contributed by atoms with Crippen LogP contribution in [0.1, 0.15) is 27.2 Å². The predicted octanol–water partition coefficient (Wildman–Crippen LogP) is 3.00. The maximum atomic E-state index is 12.5. The van der Waals surface area contributed by atoms with E-state index in [0.29, 0.717) is 17.6 Å². The number of rotatable bonds is 4. The third-order valence-corrected chi connectivity index (χ3v) is 4.19. The molecule has 0 saturated carbocycles. The van der Waals surface area contributed by atoms with Gasteiger partial charge in [0.05, 0.1) is 18.8 Å². The molecule has 1 aliphatic rings. The largest absolute Gasteiger partial charge is 0.495 e. The number of nitrogens with one attached hydrogen (secondary N) is 1. The van der Waals surface area contributed by atoms with Gasteiger partial charge in [-0.15, -0.1) is 0 Å². The van der Waals surface area contributed by atoms with E-state index >= 15 is 0 Å². The summed E-state index contributed by atoms with van der Waals surface area (Å²) >= 11 is 0. The molecule has 1 saturated heterocycles. The summed E-state index contributed by atoms with van der Waals surface area (Å²) in [5.41, 5.74) is 0.731. The molecule has 1 aromatic rings. The number of hydrogen-bond acceptors (Lipinski definition) is 3. The molecule has 1 aliphatic heterocycles. The molecule has 0 unspecified atom stereocenters. The number of benzene rings is 1. The molecule has 0 aliphatic carbocycles. The van der Waals surface area contributed by atoms with Crippen molar-refractivity contribution < 1.29 is 9.53 Å². The minimum absolute atomic E-state index is 0.0285. The van der Waals surface area contributed by atoms with Crippen molar-refractivity contribution in [1.29, 1.82) is 0 Å². The van der Waals surface area contributed by atoms with E-state index in [2.05, 4.69) is 24.1 Å². The summed E-state index contributed by atoms with van der Waals surface area (Å²) in [6, 6.07) is 7.39. The highest BCUT2D eigenvalue weighted by atomic mass is 16.5. The fourth-order valence-electron chi connectivity index (χ4n) is 3.18. The third kappa shape index (κ3) is 3.97. The van der Waals surface area contributed by atoms with Gasteiger partial charge < -0.3 is 10.1 Å². The van der Waals surface area contributed by atoms with Crippen molar-refractivity contribution in [3.05, 3.63) is 24.3 Å². The summed E-state index contributed by atoms with van der Waals surface area (Å²) in [6.07, 6.45) is 1.25. The molecule has 4 heteroatoms. The minimum Gasteiger partial charge on any atom is -0.495 e. The zero-order valence-corrected chi connectivity index (χ0v) is 13.4. The highest BCUT2D eigenvalue weighted by molar-refractivity contribution is 5.95. The Hall–Kier alpha value is -1.55. The summed E-state index contributed by atoms with van der Waals surface area (Å²) in [4.78, 5) is 14.8. The lowest BCUT2D eigenvalue weighted by atomic mass is 9.91. The Kier molecular flexibility index (Phi) is 5.23. The highest BCUT2D eigenvalue weighted by Gasteiger charge is 2.29. The molecule has 0 aromatic heterocycles. The lowest BCUT2D eigenvalue weighted by Crippen LogP contribution is -2.48. The Morgan fingerprint density at radius 2 is 1.90 bits per heavy atom. The standard InChI is InChI=1S/C17H26N2O2/c1-12-9-13(2)11-19(10-12)14(3)17(20)18-15-7-5-6-8-16(15)21-4/h5-8,12-14H,9-11H2,1-4H3,(H,18,20)/t12-,13-,14-/m0/s1. The van der Waals surface area contributed by atoms with Crippen molar-refractivity contribution >= 4 is 11.6 Å². The predicted molar refractivity (Wildman–Crippen MR) is 85.6 cm³/mol. The number of methoxy groups -OCH3 is 1. The quantitative estimate of drug-likeness (QED) is 0.927. The van der Waals surface area contributed by atoms with Gasteiger partial charge in [0.2, 0.25) is 5.91 Å². The molecular formula is C17H26N2O2. The van der Waals surface area contributed by atoms with Crippen molar-refractivity contribution in [1.82, 2.24) is 4.90 Å². The average molecular weight is 290 g/mol. The molecule has 0 bridgehead atoms. The van der Waals surface area contributed by atoms with E-state index in [4.69, 9.17) is 4.74 Å². The molecule has 1 N–H and O–H groups in total. The topological polar surface area (TPSA) is 41.6 Å². The Bertz CT molecular complexity index is 479. The van der Waals surface area contributed by atoms with Crippen LogP contribution in [-0.2, 0) is 4.79 Å². The molecule has 116 valence electrons. The van der Waals surface area contributed by atoms with Crippen LogP contribution in [0.4, 0.5) is 5.69 Å². The van der Waals surface area contributed by atoms with E-state index < -0.39 is 0 Å². The van der Waals surface area contributed by atoms with Gasteiger partial charge in [0, 0.05) is 13.1 Å². The first kappa shape index (κ1) is 15.8. The summed E-state index contributed by atoms with van der Waals surface area (Å²) in [6.45, 7) is 8.48. The van der Waals surface area contributed by atoms with E-state index in [1.54, 1.807) is 7.11 Å². The van der Waals surface area contributed by atoms with Gasteiger partial charge in [-0.25, -0.2) is 0 Å². The first-order valence-corrected chi connectivity index (χ1v) is 7.69. The zero-order chi connectivity index (χ0) is 15.4. The normalized spacial score (nSPS) is 24.4. The monoisotopic (exact) mass is 290 g/mol. The van der Waals surface area contributed by atoms with Crippen molar-refractivity contribution in [2.45, 2.75) is 33.2 Å². The van der Waals surface area contributed by atoms with Crippen LogP contribution in [0.2, 0.25) is 0 Å². The molecule has 2 rings (SSSR count). The molecule has 0 radical (unpaired) electrons. The van der Waals surface area contributed by atoms with Crippen LogP contribution >= 0.6 is 0 Å². The maximum Gasteiger partial charge on any atom is 0.241 e. The Labute approximate surface area is 127 Å².